The van der Waals surface area contributed by atoms with Crippen molar-refractivity contribution in [1.82, 2.24) is 0 Å². The van der Waals surface area contributed by atoms with Crippen molar-refractivity contribution in [2.45, 2.75) is 30.5 Å². The lowest BCUT2D eigenvalue weighted by Gasteiger charge is -2.60. The zero-order valence-electron chi connectivity index (χ0n) is 19.4. The van der Waals surface area contributed by atoms with E-state index < -0.39 is 29.6 Å². The van der Waals surface area contributed by atoms with Gasteiger partial charge in [0.2, 0.25) is 0 Å². The van der Waals surface area contributed by atoms with Gasteiger partial charge in [0.05, 0.1) is 11.1 Å². The predicted octanol–water partition coefficient (Wildman–Crippen LogP) is 5.86. The van der Waals surface area contributed by atoms with Crippen LogP contribution in [0.15, 0.2) is 109 Å². The number of rotatable bonds is 4. The summed E-state index contributed by atoms with van der Waals surface area (Å²) < 4.78 is 12.6. The fourth-order valence-corrected chi connectivity index (χ4v) is 6.35. The molecular formula is C31H26O4. The van der Waals surface area contributed by atoms with Crippen LogP contribution in [0.25, 0.3) is 0 Å². The summed E-state index contributed by atoms with van der Waals surface area (Å²) in [5.41, 5.74) is 2.72. The van der Waals surface area contributed by atoms with Crippen LogP contribution in [0.5, 0.6) is 0 Å². The maximum absolute atomic E-state index is 13.3. The molecule has 1 fully saturated rings. The van der Waals surface area contributed by atoms with Crippen molar-refractivity contribution in [3.63, 3.8) is 0 Å². The number of esters is 2. The zero-order valence-corrected chi connectivity index (χ0v) is 19.4. The molecule has 35 heavy (non-hydrogen) atoms. The average molecular weight is 463 g/mol. The van der Waals surface area contributed by atoms with Crippen molar-refractivity contribution in [2.75, 3.05) is 0 Å². The van der Waals surface area contributed by atoms with Crippen molar-refractivity contribution < 1.29 is 19.1 Å². The highest BCUT2D eigenvalue weighted by atomic mass is 16.6. The molecule has 0 amide bonds. The van der Waals surface area contributed by atoms with Gasteiger partial charge in [-0.1, -0.05) is 91.9 Å². The Balaban J connectivity index is 1.47. The van der Waals surface area contributed by atoms with Crippen LogP contribution in [0.4, 0.5) is 0 Å². The van der Waals surface area contributed by atoms with E-state index in [1.807, 2.05) is 48.5 Å². The molecule has 0 heterocycles. The number of carbonyl (C=O) groups excluding carboxylic acids is 2. The SMILES string of the molecule is C[C@@]12c3ccccc3[C@@H](C3C=CC=CC31)[C@@H](OC(=O)c1ccccc1)[C@H]2OC(=O)c1ccccc1. The number of hydrogen-bond acceptors (Lipinski definition) is 4. The topological polar surface area (TPSA) is 52.6 Å². The molecule has 0 saturated heterocycles. The van der Waals surface area contributed by atoms with E-state index in [4.69, 9.17) is 9.47 Å². The molecule has 4 nitrogen and oxygen atoms in total. The highest BCUT2D eigenvalue weighted by Gasteiger charge is 2.64. The first kappa shape index (κ1) is 21.6. The van der Waals surface area contributed by atoms with Gasteiger partial charge >= 0.3 is 11.9 Å². The van der Waals surface area contributed by atoms with Crippen molar-refractivity contribution in [3.05, 3.63) is 131 Å². The molecule has 0 radical (unpaired) electrons. The quantitative estimate of drug-likeness (QED) is 0.456. The van der Waals surface area contributed by atoms with Crippen LogP contribution < -0.4 is 0 Å². The number of carbonyl (C=O) groups is 2. The maximum Gasteiger partial charge on any atom is 0.338 e. The van der Waals surface area contributed by atoms with Crippen molar-refractivity contribution >= 4 is 11.9 Å². The van der Waals surface area contributed by atoms with Crippen molar-refractivity contribution in [2.24, 2.45) is 11.8 Å². The van der Waals surface area contributed by atoms with Crippen molar-refractivity contribution in [1.29, 1.82) is 0 Å². The van der Waals surface area contributed by atoms with Gasteiger partial charge < -0.3 is 9.47 Å². The summed E-state index contributed by atoms with van der Waals surface area (Å²) in [6.07, 6.45) is 7.30. The Morgan fingerprint density at radius 2 is 1.29 bits per heavy atom. The van der Waals surface area contributed by atoms with Gasteiger partial charge in [0.25, 0.3) is 0 Å². The smallest absolute Gasteiger partial charge is 0.338 e. The van der Waals surface area contributed by atoms with E-state index in [1.165, 1.54) is 0 Å². The molecule has 4 heteroatoms. The molecular weight excluding hydrogens is 436 g/mol. The molecule has 4 aliphatic rings. The van der Waals surface area contributed by atoms with Gasteiger partial charge in [-0.3, -0.25) is 0 Å². The summed E-state index contributed by atoms with van der Waals surface area (Å²) in [5, 5.41) is 0. The Labute approximate surface area is 204 Å². The van der Waals surface area contributed by atoms with E-state index in [9.17, 15) is 9.59 Å². The lowest BCUT2D eigenvalue weighted by molar-refractivity contribution is -0.123. The molecule has 0 aromatic heterocycles. The van der Waals surface area contributed by atoms with Gasteiger partial charge in [0, 0.05) is 11.3 Å². The van der Waals surface area contributed by atoms with Crippen LogP contribution in [0, 0.1) is 11.8 Å². The summed E-state index contributed by atoms with van der Waals surface area (Å²) >= 11 is 0. The van der Waals surface area contributed by atoms with E-state index in [0.717, 1.165) is 11.1 Å². The van der Waals surface area contributed by atoms with Crippen LogP contribution in [0.1, 0.15) is 44.7 Å². The number of hydrogen-bond donors (Lipinski definition) is 0. The maximum atomic E-state index is 13.3. The lowest BCUT2D eigenvalue weighted by Crippen LogP contribution is -2.65. The first-order chi connectivity index (χ1) is 17.1. The minimum Gasteiger partial charge on any atom is -0.454 e. The lowest BCUT2D eigenvalue weighted by atomic mass is 9.46. The third kappa shape index (κ3) is 3.35. The highest BCUT2D eigenvalue weighted by Crippen LogP contribution is 2.62. The molecule has 3 aromatic rings. The largest absolute Gasteiger partial charge is 0.454 e. The van der Waals surface area contributed by atoms with Gasteiger partial charge in [0.1, 0.15) is 12.2 Å². The number of fused-ring (bicyclic) bond motifs is 1. The molecule has 3 aromatic carbocycles. The average Bonchev–Trinajstić information content (AvgIpc) is 2.91. The second-order valence-corrected chi connectivity index (χ2v) is 9.70. The first-order valence-corrected chi connectivity index (χ1v) is 12.1. The van der Waals surface area contributed by atoms with Gasteiger partial charge in [0.15, 0.2) is 0 Å². The zero-order chi connectivity index (χ0) is 24.0. The third-order valence-electron chi connectivity index (χ3n) is 7.92. The molecule has 0 N–H and O–H groups in total. The van der Waals surface area contributed by atoms with Gasteiger partial charge in [-0.2, -0.15) is 0 Å². The first-order valence-electron chi connectivity index (χ1n) is 12.1. The Morgan fingerprint density at radius 1 is 0.714 bits per heavy atom. The number of allylic oxidation sites excluding steroid dienone is 4. The fraction of sp³-hybridized carbons (Fsp3) is 0.226. The Bertz CT molecular complexity index is 1330. The van der Waals surface area contributed by atoms with Crippen LogP contribution in [0.2, 0.25) is 0 Å². The molecule has 1 saturated carbocycles. The summed E-state index contributed by atoms with van der Waals surface area (Å²) in [4.78, 5) is 26.6. The molecule has 2 bridgehead atoms. The van der Waals surface area contributed by atoms with Crippen LogP contribution in [-0.4, -0.2) is 24.1 Å². The van der Waals surface area contributed by atoms with Crippen molar-refractivity contribution in [3.8, 4) is 0 Å². The van der Waals surface area contributed by atoms with Crippen LogP contribution in [0.3, 0.4) is 0 Å². The van der Waals surface area contributed by atoms with E-state index in [0.29, 0.717) is 11.1 Å². The van der Waals surface area contributed by atoms with E-state index in [2.05, 4.69) is 43.4 Å². The second kappa shape index (κ2) is 8.38. The number of benzene rings is 3. The fourth-order valence-electron chi connectivity index (χ4n) is 6.35. The Hall–Kier alpha value is -3.92. The molecule has 4 aliphatic carbocycles. The minimum atomic E-state index is -0.639. The normalized spacial score (nSPS) is 29.7. The van der Waals surface area contributed by atoms with E-state index in [1.54, 1.807) is 24.3 Å². The monoisotopic (exact) mass is 462 g/mol. The molecule has 0 aliphatic heterocycles. The van der Waals surface area contributed by atoms with Gasteiger partial charge in [-0.25, -0.2) is 9.59 Å². The Kier molecular flexibility index (Phi) is 5.18. The van der Waals surface area contributed by atoms with Crippen LogP contribution >= 0.6 is 0 Å². The summed E-state index contributed by atoms with van der Waals surface area (Å²) in [6, 6.07) is 26.3. The summed E-state index contributed by atoms with van der Waals surface area (Å²) in [6.45, 7) is 2.15. The van der Waals surface area contributed by atoms with Gasteiger partial charge in [-0.15, -0.1) is 0 Å². The van der Waals surface area contributed by atoms with Crippen LogP contribution in [-0.2, 0) is 14.9 Å². The summed E-state index contributed by atoms with van der Waals surface area (Å²) in [5.74, 6) is -0.681. The molecule has 6 atom stereocenters. The molecule has 2 unspecified atom stereocenters. The molecule has 174 valence electrons. The predicted molar refractivity (Wildman–Crippen MR) is 133 cm³/mol. The third-order valence-corrected chi connectivity index (χ3v) is 7.92. The highest BCUT2D eigenvalue weighted by molar-refractivity contribution is 5.90. The minimum absolute atomic E-state index is 0.118. The van der Waals surface area contributed by atoms with E-state index in [-0.39, 0.29) is 17.8 Å². The second-order valence-electron chi connectivity index (χ2n) is 9.70. The Morgan fingerprint density at radius 3 is 1.97 bits per heavy atom. The molecule has 0 spiro atoms. The standard InChI is InChI=1S/C31H26O4/c1-31-24-18-10-8-16-22(24)26(23-17-9-11-19-25(23)31)27(34-29(32)20-12-4-2-5-13-20)28(31)35-30(33)21-14-6-3-7-15-21/h2-19,22,24,26-28H,1H3/t22?,24?,26-,27-,28-,31+/m1/s1. The van der Waals surface area contributed by atoms with Gasteiger partial charge in [-0.05, 0) is 47.2 Å². The number of ether oxygens (including phenoxy) is 2. The van der Waals surface area contributed by atoms with E-state index >= 15 is 0 Å². The molecule has 7 rings (SSSR count). The summed E-state index contributed by atoms with van der Waals surface area (Å²) in [7, 11) is 0.